The second kappa shape index (κ2) is 8.75. The van der Waals surface area contributed by atoms with Crippen molar-refractivity contribution in [3.8, 4) is 22.3 Å². The predicted octanol–water partition coefficient (Wildman–Crippen LogP) is 4.70. The van der Waals surface area contributed by atoms with Gasteiger partial charge in [0.15, 0.2) is 9.84 Å². The molecule has 1 fully saturated rings. The van der Waals surface area contributed by atoms with Crippen LogP contribution in [0.15, 0.2) is 64.4 Å². The lowest BCUT2D eigenvalue weighted by Gasteiger charge is -2.22. The first kappa shape index (κ1) is 21.4. The quantitative estimate of drug-likeness (QED) is 0.577. The van der Waals surface area contributed by atoms with Gasteiger partial charge in [0.05, 0.1) is 16.7 Å². The lowest BCUT2D eigenvalue weighted by Crippen LogP contribution is -2.29. The molecule has 4 rings (SSSR count). The summed E-state index contributed by atoms with van der Waals surface area (Å²) in [5, 5.41) is 4.44. The number of sulfone groups is 1. The molecule has 0 spiro atoms. The Morgan fingerprint density at radius 3 is 2.19 bits per heavy atom. The summed E-state index contributed by atoms with van der Waals surface area (Å²) < 4.78 is 38.6. The van der Waals surface area contributed by atoms with E-state index in [1.165, 1.54) is 48.2 Å². The molecular weight excluding hydrogens is 415 g/mol. The van der Waals surface area contributed by atoms with Crippen LogP contribution in [0.25, 0.3) is 22.3 Å². The van der Waals surface area contributed by atoms with E-state index >= 15 is 0 Å². The van der Waals surface area contributed by atoms with Crippen LogP contribution in [-0.4, -0.2) is 24.5 Å². The van der Waals surface area contributed by atoms with E-state index in [4.69, 9.17) is 0 Å². The van der Waals surface area contributed by atoms with Gasteiger partial charge in [-0.2, -0.15) is 5.10 Å². The third kappa shape index (κ3) is 4.77. The lowest BCUT2D eigenvalue weighted by molar-refractivity contribution is 0.303. The van der Waals surface area contributed by atoms with Crippen LogP contribution in [0.5, 0.6) is 0 Å². The first-order valence-corrected chi connectivity index (χ1v) is 12.4. The molecule has 0 unspecified atom stereocenters. The summed E-state index contributed by atoms with van der Waals surface area (Å²) in [6, 6.07) is 12.2. The zero-order valence-electron chi connectivity index (χ0n) is 17.4. The Kier molecular flexibility index (Phi) is 6.05. The molecule has 2 aromatic carbocycles. The van der Waals surface area contributed by atoms with E-state index in [1.807, 2.05) is 0 Å². The van der Waals surface area contributed by atoms with Crippen molar-refractivity contribution >= 4 is 9.84 Å². The van der Waals surface area contributed by atoms with Crippen molar-refractivity contribution in [3.05, 3.63) is 70.9 Å². The van der Waals surface area contributed by atoms with E-state index < -0.39 is 9.84 Å². The molecule has 1 aromatic heterocycles. The van der Waals surface area contributed by atoms with Gasteiger partial charge in [0, 0.05) is 18.4 Å². The van der Waals surface area contributed by atoms with E-state index in [2.05, 4.69) is 5.10 Å². The highest BCUT2D eigenvalue weighted by Crippen LogP contribution is 2.30. The van der Waals surface area contributed by atoms with Gasteiger partial charge in [-0.15, -0.1) is 0 Å². The summed E-state index contributed by atoms with van der Waals surface area (Å²) in [6.45, 7) is 0.570. The number of benzene rings is 2. The van der Waals surface area contributed by atoms with Gasteiger partial charge in [0.2, 0.25) is 0 Å². The number of nitrogens with zero attached hydrogens (tertiary/aromatic N) is 2. The van der Waals surface area contributed by atoms with E-state index in [-0.39, 0.29) is 16.3 Å². The Labute approximate surface area is 181 Å². The van der Waals surface area contributed by atoms with Crippen molar-refractivity contribution in [2.45, 2.75) is 43.5 Å². The highest BCUT2D eigenvalue weighted by Gasteiger charge is 2.20. The van der Waals surface area contributed by atoms with Gasteiger partial charge in [-0.1, -0.05) is 43.5 Å². The summed E-state index contributed by atoms with van der Waals surface area (Å²) in [6.07, 6.45) is 8.58. The fraction of sp³-hybridized carbons (Fsp3) is 0.333. The maximum atomic E-state index is 13.5. The number of aromatic nitrogens is 2. The van der Waals surface area contributed by atoms with Crippen molar-refractivity contribution in [2.24, 2.45) is 5.92 Å². The van der Waals surface area contributed by atoms with Gasteiger partial charge in [0.25, 0.3) is 5.56 Å². The van der Waals surface area contributed by atoms with E-state index in [0.29, 0.717) is 34.7 Å². The molecular formula is C24H25FN2O3S. The molecule has 0 bridgehead atoms. The SMILES string of the molecule is CS(=O)(=O)c1ccc(-c2cnn(CC3CCCCC3)c(=O)c2-c2ccc(F)cc2)cc1. The molecule has 162 valence electrons. The largest absolute Gasteiger partial charge is 0.275 e. The number of halogens is 1. The summed E-state index contributed by atoms with van der Waals surface area (Å²) in [5.74, 6) is 0.0549. The standard InChI is InChI=1S/C24H25FN2O3S/c1-31(29,30)21-13-9-18(10-14-21)22-15-26-27(16-17-5-3-2-4-6-17)24(28)23(22)19-7-11-20(25)12-8-19/h7-15,17H,2-6,16H2,1H3. The second-order valence-corrected chi connectivity index (χ2v) is 10.2. The highest BCUT2D eigenvalue weighted by atomic mass is 32.2. The molecule has 7 heteroatoms. The van der Waals surface area contributed by atoms with Crippen molar-refractivity contribution < 1.29 is 12.8 Å². The normalized spacial score (nSPS) is 15.2. The Morgan fingerprint density at radius 2 is 1.58 bits per heavy atom. The maximum Gasteiger partial charge on any atom is 0.275 e. The van der Waals surface area contributed by atoms with Crippen LogP contribution < -0.4 is 5.56 Å². The van der Waals surface area contributed by atoms with Crippen LogP contribution in [0.3, 0.4) is 0 Å². The molecule has 0 aliphatic heterocycles. The van der Waals surface area contributed by atoms with E-state index in [1.54, 1.807) is 30.5 Å². The minimum absolute atomic E-state index is 0.207. The molecule has 0 saturated heterocycles. The van der Waals surface area contributed by atoms with Gasteiger partial charge in [-0.05, 0) is 54.2 Å². The Morgan fingerprint density at radius 1 is 0.968 bits per heavy atom. The summed E-state index contributed by atoms with van der Waals surface area (Å²) in [7, 11) is -3.32. The number of rotatable bonds is 5. The molecule has 0 radical (unpaired) electrons. The van der Waals surface area contributed by atoms with E-state index in [0.717, 1.165) is 19.1 Å². The Hall–Kier alpha value is -2.80. The van der Waals surface area contributed by atoms with E-state index in [9.17, 15) is 17.6 Å². The third-order valence-electron chi connectivity index (χ3n) is 5.93. The van der Waals surface area contributed by atoms with Gasteiger partial charge in [-0.25, -0.2) is 17.5 Å². The molecule has 1 heterocycles. The van der Waals surface area contributed by atoms with Crippen LogP contribution in [0.4, 0.5) is 4.39 Å². The Balaban J connectivity index is 1.81. The molecule has 1 saturated carbocycles. The van der Waals surface area contributed by atoms with Crippen LogP contribution in [0.1, 0.15) is 32.1 Å². The molecule has 0 atom stereocenters. The minimum atomic E-state index is -3.32. The smallest absolute Gasteiger partial charge is 0.267 e. The van der Waals surface area contributed by atoms with Crippen LogP contribution >= 0.6 is 0 Å². The Bertz CT molecular complexity index is 1230. The number of hydrogen-bond donors (Lipinski definition) is 0. The van der Waals surface area contributed by atoms with Gasteiger partial charge < -0.3 is 0 Å². The monoisotopic (exact) mass is 440 g/mol. The average Bonchev–Trinajstić information content (AvgIpc) is 2.76. The zero-order valence-corrected chi connectivity index (χ0v) is 18.2. The van der Waals surface area contributed by atoms with Gasteiger partial charge >= 0.3 is 0 Å². The summed E-state index contributed by atoms with van der Waals surface area (Å²) in [4.78, 5) is 13.7. The highest BCUT2D eigenvalue weighted by molar-refractivity contribution is 7.90. The molecule has 1 aliphatic carbocycles. The maximum absolute atomic E-state index is 13.5. The molecule has 31 heavy (non-hydrogen) atoms. The fourth-order valence-electron chi connectivity index (χ4n) is 4.23. The molecule has 3 aromatic rings. The van der Waals surface area contributed by atoms with Crippen LogP contribution in [0, 0.1) is 11.7 Å². The van der Waals surface area contributed by atoms with Crippen LogP contribution in [0.2, 0.25) is 0 Å². The summed E-state index contributed by atoms with van der Waals surface area (Å²) in [5.41, 5.74) is 2.10. The summed E-state index contributed by atoms with van der Waals surface area (Å²) >= 11 is 0. The third-order valence-corrected chi connectivity index (χ3v) is 7.05. The predicted molar refractivity (Wildman–Crippen MR) is 119 cm³/mol. The van der Waals surface area contributed by atoms with Gasteiger partial charge in [0.1, 0.15) is 5.82 Å². The minimum Gasteiger partial charge on any atom is -0.267 e. The second-order valence-electron chi connectivity index (χ2n) is 8.23. The average molecular weight is 441 g/mol. The topological polar surface area (TPSA) is 69.0 Å². The van der Waals surface area contributed by atoms with Crippen molar-refractivity contribution in [2.75, 3.05) is 6.26 Å². The molecule has 5 nitrogen and oxygen atoms in total. The fourth-order valence-corrected chi connectivity index (χ4v) is 4.86. The lowest BCUT2D eigenvalue weighted by atomic mass is 9.89. The first-order chi connectivity index (χ1) is 14.8. The van der Waals surface area contributed by atoms with Crippen molar-refractivity contribution in [3.63, 3.8) is 0 Å². The number of hydrogen-bond acceptors (Lipinski definition) is 4. The molecule has 0 amide bonds. The van der Waals surface area contributed by atoms with Crippen LogP contribution in [-0.2, 0) is 16.4 Å². The van der Waals surface area contributed by atoms with Crippen molar-refractivity contribution in [1.82, 2.24) is 9.78 Å². The molecule has 1 aliphatic rings. The zero-order chi connectivity index (χ0) is 22.0. The molecule has 0 N–H and O–H groups in total. The van der Waals surface area contributed by atoms with Gasteiger partial charge in [-0.3, -0.25) is 4.79 Å². The first-order valence-electron chi connectivity index (χ1n) is 10.5. The van der Waals surface area contributed by atoms with Crippen molar-refractivity contribution in [1.29, 1.82) is 0 Å².